The number of aliphatic hydroxyl groups is 1. The van der Waals surface area contributed by atoms with Crippen LogP contribution in [0.15, 0.2) is 36.7 Å². The van der Waals surface area contributed by atoms with Crippen LogP contribution in [0.25, 0.3) is 0 Å². The lowest BCUT2D eigenvalue weighted by Gasteiger charge is -2.13. The normalized spacial score (nSPS) is 12.2. The number of aliphatic hydroxyl groups excluding tert-OH is 1. The molecule has 0 aliphatic heterocycles. The van der Waals surface area contributed by atoms with Crippen LogP contribution in [0.3, 0.4) is 0 Å². The van der Waals surface area contributed by atoms with E-state index >= 15 is 0 Å². The molecule has 2 rings (SSSR count). The second kappa shape index (κ2) is 6.54. The van der Waals surface area contributed by atoms with Gasteiger partial charge in [0.1, 0.15) is 0 Å². The maximum atomic E-state index is 11.9. The fourth-order valence-corrected chi connectivity index (χ4v) is 2.06. The molecule has 0 fully saturated rings. The molecular weight excluding hydrogens is 278 g/mol. The van der Waals surface area contributed by atoms with Crippen molar-refractivity contribution in [3.8, 4) is 0 Å². The van der Waals surface area contributed by atoms with Crippen molar-refractivity contribution in [3.63, 3.8) is 0 Å². The molecule has 1 amide bonds. The van der Waals surface area contributed by atoms with Crippen molar-refractivity contribution >= 4 is 17.5 Å². The van der Waals surface area contributed by atoms with E-state index < -0.39 is 6.10 Å². The summed E-state index contributed by atoms with van der Waals surface area (Å²) in [5, 5.41) is 17.2. The van der Waals surface area contributed by atoms with Gasteiger partial charge in [-0.1, -0.05) is 29.8 Å². The van der Waals surface area contributed by atoms with Gasteiger partial charge in [-0.25, -0.2) is 0 Å². The molecule has 1 heterocycles. The predicted molar refractivity (Wildman–Crippen MR) is 76.6 cm³/mol. The van der Waals surface area contributed by atoms with Crippen molar-refractivity contribution in [2.24, 2.45) is 0 Å². The molecule has 1 atom stereocenters. The van der Waals surface area contributed by atoms with Crippen molar-refractivity contribution in [1.29, 1.82) is 0 Å². The van der Waals surface area contributed by atoms with Crippen LogP contribution in [0.2, 0.25) is 5.02 Å². The number of aryl methyl sites for hydroxylation is 1. The molecule has 20 heavy (non-hydrogen) atoms. The van der Waals surface area contributed by atoms with Gasteiger partial charge in [-0.05, 0) is 13.0 Å². The molecule has 106 valence electrons. The zero-order valence-electron chi connectivity index (χ0n) is 11.1. The van der Waals surface area contributed by atoms with Gasteiger partial charge in [0, 0.05) is 29.9 Å². The maximum absolute atomic E-state index is 11.9. The van der Waals surface area contributed by atoms with Gasteiger partial charge in [-0.2, -0.15) is 5.10 Å². The van der Waals surface area contributed by atoms with E-state index in [2.05, 4.69) is 10.4 Å². The third-order valence-electron chi connectivity index (χ3n) is 2.94. The Hall–Kier alpha value is -1.85. The highest BCUT2D eigenvalue weighted by molar-refractivity contribution is 6.31. The smallest absolute Gasteiger partial charge is 0.254 e. The Kier molecular flexibility index (Phi) is 4.76. The molecule has 1 aromatic carbocycles. The van der Waals surface area contributed by atoms with E-state index in [1.54, 1.807) is 35.1 Å². The summed E-state index contributed by atoms with van der Waals surface area (Å²) in [6, 6.07) is 7.01. The first-order valence-electron chi connectivity index (χ1n) is 6.35. The number of nitrogens with zero attached hydrogens (tertiary/aromatic N) is 2. The van der Waals surface area contributed by atoms with E-state index in [4.69, 9.17) is 11.6 Å². The molecular formula is C14H16ClN3O2. The molecule has 0 spiro atoms. The molecule has 0 aliphatic carbocycles. The molecule has 1 unspecified atom stereocenters. The van der Waals surface area contributed by atoms with E-state index in [-0.39, 0.29) is 12.5 Å². The summed E-state index contributed by atoms with van der Waals surface area (Å²) in [6.07, 6.45) is 2.33. The van der Waals surface area contributed by atoms with Gasteiger partial charge in [0.15, 0.2) is 0 Å². The Morgan fingerprint density at radius 2 is 2.25 bits per heavy atom. The highest BCUT2D eigenvalue weighted by Gasteiger charge is 2.14. The number of aromatic nitrogens is 2. The van der Waals surface area contributed by atoms with Crippen LogP contribution in [0.4, 0.5) is 0 Å². The number of carbonyl (C=O) groups excluding carboxylic acids is 1. The first kappa shape index (κ1) is 14.6. The molecule has 6 heteroatoms. The standard InChI is InChI=1S/C14H16ClN3O2/c1-2-18-9-10(7-17-18)14(20)16-8-13(19)11-5-3-4-6-12(11)15/h3-7,9,13,19H,2,8H2,1H3,(H,16,20). The Balaban J connectivity index is 1.95. The number of benzene rings is 1. The minimum atomic E-state index is -0.839. The van der Waals surface area contributed by atoms with E-state index in [1.165, 1.54) is 6.20 Å². The van der Waals surface area contributed by atoms with Gasteiger partial charge < -0.3 is 10.4 Å². The van der Waals surface area contributed by atoms with Crippen LogP contribution < -0.4 is 5.32 Å². The van der Waals surface area contributed by atoms with Crippen molar-refractivity contribution in [2.45, 2.75) is 19.6 Å². The predicted octanol–water partition coefficient (Wildman–Crippen LogP) is 2.02. The van der Waals surface area contributed by atoms with Crippen LogP contribution >= 0.6 is 11.6 Å². The zero-order valence-corrected chi connectivity index (χ0v) is 11.8. The van der Waals surface area contributed by atoms with Crippen molar-refractivity contribution in [1.82, 2.24) is 15.1 Å². The molecule has 1 aromatic heterocycles. The summed E-state index contributed by atoms with van der Waals surface area (Å²) in [4.78, 5) is 11.9. The monoisotopic (exact) mass is 293 g/mol. The number of hydrogen-bond donors (Lipinski definition) is 2. The van der Waals surface area contributed by atoms with E-state index in [0.29, 0.717) is 22.7 Å². The highest BCUT2D eigenvalue weighted by atomic mass is 35.5. The number of halogens is 1. The summed E-state index contributed by atoms with van der Waals surface area (Å²) >= 11 is 5.99. The molecule has 2 aromatic rings. The highest BCUT2D eigenvalue weighted by Crippen LogP contribution is 2.21. The lowest BCUT2D eigenvalue weighted by Crippen LogP contribution is -2.28. The van der Waals surface area contributed by atoms with Crippen LogP contribution in [0.5, 0.6) is 0 Å². The van der Waals surface area contributed by atoms with E-state index in [1.807, 2.05) is 6.92 Å². The quantitative estimate of drug-likeness (QED) is 0.886. The van der Waals surface area contributed by atoms with Gasteiger partial charge in [-0.3, -0.25) is 9.48 Å². The van der Waals surface area contributed by atoms with Crippen LogP contribution in [0, 0.1) is 0 Å². The molecule has 2 N–H and O–H groups in total. The fraction of sp³-hybridized carbons (Fsp3) is 0.286. The minimum Gasteiger partial charge on any atom is -0.387 e. The fourth-order valence-electron chi connectivity index (χ4n) is 1.80. The average molecular weight is 294 g/mol. The van der Waals surface area contributed by atoms with Crippen molar-refractivity contribution in [3.05, 3.63) is 52.8 Å². The summed E-state index contributed by atoms with van der Waals surface area (Å²) < 4.78 is 1.67. The summed E-state index contributed by atoms with van der Waals surface area (Å²) in [5.74, 6) is -0.268. The summed E-state index contributed by atoms with van der Waals surface area (Å²) in [5.41, 5.74) is 1.07. The molecule has 5 nitrogen and oxygen atoms in total. The SMILES string of the molecule is CCn1cc(C(=O)NCC(O)c2ccccc2Cl)cn1. The van der Waals surface area contributed by atoms with E-state index in [0.717, 1.165) is 0 Å². The molecule has 0 aliphatic rings. The Morgan fingerprint density at radius 3 is 2.90 bits per heavy atom. The molecule has 0 saturated carbocycles. The molecule has 0 radical (unpaired) electrons. The lowest BCUT2D eigenvalue weighted by atomic mass is 10.1. The number of amides is 1. The largest absolute Gasteiger partial charge is 0.387 e. The van der Waals surface area contributed by atoms with Crippen molar-refractivity contribution in [2.75, 3.05) is 6.54 Å². The Labute approximate surface area is 122 Å². The second-order valence-corrected chi connectivity index (χ2v) is 4.74. The Bertz CT molecular complexity index is 598. The summed E-state index contributed by atoms with van der Waals surface area (Å²) in [7, 11) is 0. The van der Waals surface area contributed by atoms with Crippen molar-refractivity contribution < 1.29 is 9.90 Å². The minimum absolute atomic E-state index is 0.0971. The first-order valence-corrected chi connectivity index (χ1v) is 6.72. The average Bonchev–Trinajstić information content (AvgIpc) is 2.94. The second-order valence-electron chi connectivity index (χ2n) is 4.33. The third kappa shape index (κ3) is 3.37. The van der Waals surface area contributed by atoms with Gasteiger partial charge >= 0.3 is 0 Å². The lowest BCUT2D eigenvalue weighted by molar-refractivity contribution is 0.0916. The zero-order chi connectivity index (χ0) is 14.5. The van der Waals surface area contributed by atoms with Gasteiger partial charge in [0.2, 0.25) is 0 Å². The first-order chi connectivity index (χ1) is 9.61. The summed E-state index contributed by atoms with van der Waals surface area (Å²) in [6.45, 7) is 2.74. The topological polar surface area (TPSA) is 67.2 Å². The van der Waals surface area contributed by atoms with Crippen LogP contribution in [-0.4, -0.2) is 27.3 Å². The number of hydrogen-bond acceptors (Lipinski definition) is 3. The van der Waals surface area contributed by atoms with Crippen LogP contribution in [0.1, 0.15) is 28.9 Å². The van der Waals surface area contributed by atoms with Gasteiger partial charge in [0.25, 0.3) is 5.91 Å². The Morgan fingerprint density at radius 1 is 1.50 bits per heavy atom. The maximum Gasteiger partial charge on any atom is 0.254 e. The van der Waals surface area contributed by atoms with Gasteiger partial charge in [0.05, 0.1) is 17.9 Å². The molecule has 0 saturated heterocycles. The van der Waals surface area contributed by atoms with E-state index in [9.17, 15) is 9.90 Å². The third-order valence-corrected chi connectivity index (χ3v) is 3.28. The van der Waals surface area contributed by atoms with Crippen LogP contribution in [-0.2, 0) is 6.54 Å². The number of carbonyl (C=O) groups is 1. The van der Waals surface area contributed by atoms with Gasteiger partial charge in [-0.15, -0.1) is 0 Å². The number of rotatable bonds is 5. The molecule has 0 bridgehead atoms. The number of nitrogens with one attached hydrogen (secondary N) is 1.